The van der Waals surface area contributed by atoms with Crippen molar-refractivity contribution >= 4 is 21.5 Å². The normalized spacial score (nSPS) is 11.6. The van der Waals surface area contributed by atoms with Gasteiger partial charge in [0, 0.05) is 11.3 Å². The number of aryl methyl sites for hydroxylation is 1. The molecule has 0 bridgehead atoms. The molecule has 5 heteroatoms. The van der Waals surface area contributed by atoms with Gasteiger partial charge in [0.15, 0.2) is 0 Å². The van der Waals surface area contributed by atoms with E-state index in [2.05, 4.69) is 0 Å². The molecule has 0 N–H and O–H groups in total. The largest absolute Gasteiger partial charge is 0.297 e. The van der Waals surface area contributed by atoms with Gasteiger partial charge in [0.1, 0.15) is 0 Å². The Morgan fingerprint density at radius 2 is 1.94 bits per heavy atom. The van der Waals surface area contributed by atoms with Crippen molar-refractivity contribution in [3.05, 3.63) is 52.2 Å². The molecule has 0 amide bonds. The number of rotatable bonds is 5. The van der Waals surface area contributed by atoms with Crippen LogP contribution in [0.25, 0.3) is 0 Å². The van der Waals surface area contributed by atoms with Crippen LogP contribution in [-0.4, -0.2) is 15.0 Å². The van der Waals surface area contributed by atoms with Gasteiger partial charge in [-0.15, -0.1) is 11.3 Å². The Labute approximate surface area is 111 Å². The lowest BCUT2D eigenvalue weighted by Crippen LogP contribution is -2.10. The summed E-state index contributed by atoms with van der Waals surface area (Å²) in [5.74, 6) is 0. The molecule has 0 radical (unpaired) electrons. The first-order valence-electron chi connectivity index (χ1n) is 5.57. The molecule has 1 aromatic heterocycles. The Balaban J connectivity index is 2.02. The molecule has 0 aliphatic rings. The molecule has 1 aromatic carbocycles. The zero-order chi connectivity index (χ0) is 13.0. The van der Waals surface area contributed by atoms with Crippen LogP contribution in [0.3, 0.4) is 0 Å². The fourth-order valence-corrected chi connectivity index (χ4v) is 3.43. The first-order valence-corrected chi connectivity index (χ1v) is 7.86. The van der Waals surface area contributed by atoms with Gasteiger partial charge < -0.3 is 0 Å². The van der Waals surface area contributed by atoms with Gasteiger partial charge in [-0.05, 0) is 30.0 Å². The second kappa shape index (κ2) is 5.65. The summed E-state index contributed by atoms with van der Waals surface area (Å²) >= 11 is 1.60. The first-order chi connectivity index (χ1) is 8.59. The molecule has 1 heterocycles. The molecule has 2 rings (SSSR count). The molecule has 0 aliphatic heterocycles. The van der Waals surface area contributed by atoms with E-state index >= 15 is 0 Å². The van der Waals surface area contributed by atoms with E-state index in [-0.39, 0.29) is 11.5 Å². The van der Waals surface area contributed by atoms with E-state index in [0.717, 1.165) is 4.88 Å². The molecule has 0 spiro atoms. The molecule has 2 aromatic rings. The Kier molecular flexibility index (Phi) is 4.16. The maximum Gasteiger partial charge on any atom is 0.297 e. The van der Waals surface area contributed by atoms with Crippen molar-refractivity contribution < 1.29 is 12.6 Å². The third kappa shape index (κ3) is 3.19. The van der Waals surface area contributed by atoms with Crippen LogP contribution in [0.4, 0.5) is 0 Å². The van der Waals surface area contributed by atoms with E-state index in [1.165, 1.54) is 0 Å². The van der Waals surface area contributed by atoms with Crippen molar-refractivity contribution in [3.8, 4) is 0 Å². The molecule has 0 aliphatic carbocycles. The predicted molar refractivity (Wildman–Crippen MR) is 72.3 cm³/mol. The lowest BCUT2D eigenvalue weighted by molar-refractivity contribution is 0.323. The van der Waals surface area contributed by atoms with E-state index in [1.807, 2.05) is 17.5 Å². The summed E-state index contributed by atoms with van der Waals surface area (Å²) < 4.78 is 29.0. The number of thiophene rings is 1. The molecule has 96 valence electrons. The maximum absolute atomic E-state index is 12.0. The van der Waals surface area contributed by atoms with Crippen molar-refractivity contribution in [2.45, 2.75) is 18.2 Å². The minimum absolute atomic E-state index is 0.178. The van der Waals surface area contributed by atoms with Crippen LogP contribution in [-0.2, 0) is 20.7 Å². The third-order valence-corrected chi connectivity index (χ3v) is 4.94. The molecule has 3 nitrogen and oxygen atoms in total. The van der Waals surface area contributed by atoms with Crippen LogP contribution in [0.15, 0.2) is 46.7 Å². The van der Waals surface area contributed by atoms with E-state index in [9.17, 15) is 8.42 Å². The molecule has 0 saturated heterocycles. The van der Waals surface area contributed by atoms with Gasteiger partial charge in [-0.2, -0.15) is 8.42 Å². The summed E-state index contributed by atoms with van der Waals surface area (Å²) in [4.78, 5) is 1.37. The van der Waals surface area contributed by atoms with E-state index in [4.69, 9.17) is 4.18 Å². The van der Waals surface area contributed by atoms with Crippen molar-refractivity contribution in [1.29, 1.82) is 0 Å². The van der Waals surface area contributed by atoms with Gasteiger partial charge >= 0.3 is 0 Å². The lowest BCUT2D eigenvalue weighted by Gasteiger charge is -2.07. The smallest absolute Gasteiger partial charge is 0.266 e. The van der Waals surface area contributed by atoms with Crippen LogP contribution in [0.5, 0.6) is 0 Å². The highest BCUT2D eigenvalue weighted by Gasteiger charge is 2.16. The van der Waals surface area contributed by atoms with Gasteiger partial charge in [0.05, 0.1) is 11.5 Å². The van der Waals surface area contributed by atoms with Gasteiger partial charge in [-0.25, -0.2) is 0 Å². The van der Waals surface area contributed by atoms with Crippen LogP contribution in [0.2, 0.25) is 0 Å². The molecule has 18 heavy (non-hydrogen) atoms. The summed E-state index contributed by atoms with van der Waals surface area (Å²) in [7, 11) is -3.64. The molecule has 0 fully saturated rings. The topological polar surface area (TPSA) is 43.4 Å². The zero-order valence-corrected chi connectivity index (χ0v) is 11.6. The second-order valence-corrected chi connectivity index (χ2v) is 6.49. The summed E-state index contributed by atoms with van der Waals surface area (Å²) in [5.41, 5.74) is 0.702. The molecular weight excluding hydrogens is 268 g/mol. The highest BCUT2D eigenvalue weighted by molar-refractivity contribution is 7.86. The molecular formula is C13H14O3S2. The first kappa shape index (κ1) is 13.3. The second-order valence-electron chi connectivity index (χ2n) is 3.87. The average molecular weight is 282 g/mol. The van der Waals surface area contributed by atoms with Gasteiger partial charge in [0.2, 0.25) is 0 Å². The molecule has 0 unspecified atom stereocenters. The number of hydrogen-bond donors (Lipinski definition) is 0. The van der Waals surface area contributed by atoms with Gasteiger partial charge in [0.25, 0.3) is 10.1 Å². The summed E-state index contributed by atoms with van der Waals surface area (Å²) in [6.45, 7) is 1.94. The summed E-state index contributed by atoms with van der Waals surface area (Å²) in [6, 6.07) is 10.7. The van der Waals surface area contributed by atoms with Crippen LogP contribution < -0.4 is 0 Å². The third-order valence-electron chi connectivity index (χ3n) is 2.53. The Morgan fingerprint density at radius 3 is 2.61 bits per heavy atom. The van der Waals surface area contributed by atoms with Crippen molar-refractivity contribution in [3.63, 3.8) is 0 Å². The molecule has 0 atom stereocenters. The van der Waals surface area contributed by atoms with Crippen LogP contribution >= 0.6 is 11.3 Å². The number of hydrogen-bond acceptors (Lipinski definition) is 4. The van der Waals surface area contributed by atoms with Crippen molar-refractivity contribution in [2.75, 3.05) is 6.61 Å². The van der Waals surface area contributed by atoms with Crippen molar-refractivity contribution in [2.24, 2.45) is 0 Å². The predicted octanol–water partition coefficient (Wildman–Crippen LogP) is 3.00. The lowest BCUT2D eigenvalue weighted by atomic mass is 10.2. The summed E-state index contributed by atoms with van der Waals surface area (Å²) in [6.07, 6.45) is 0.614. The monoisotopic (exact) mass is 282 g/mol. The maximum atomic E-state index is 12.0. The highest BCUT2D eigenvalue weighted by atomic mass is 32.2. The number of benzene rings is 1. The van der Waals surface area contributed by atoms with E-state index in [0.29, 0.717) is 12.0 Å². The molecule has 0 saturated carbocycles. The average Bonchev–Trinajstić information content (AvgIpc) is 2.82. The van der Waals surface area contributed by atoms with Crippen molar-refractivity contribution in [1.82, 2.24) is 0 Å². The minimum Gasteiger partial charge on any atom is -0.266 e. The van der Waals surface area contributed by atoms with Gasteiger partial charge in [-0.3, -0.25) is 4.18 Å². The fraction of sp³-hybridized carbons (Fsp3) is 0.231. The zero-order valence-electron chi connectivity index (χ0n) is 10.00. The fourth-order valence-electron chi connectivity index (χ4n) is 1.61. The van der Waals surface area contributed by atoms with Crippen LogP contribution in [0.1, 0.15) is 10.4 Å². The van der Waals surface area contributed by atoms with Gasteiger partial charge in [-0.1, -0.05) is 24.3 Å². The Bertz CT molecular complexity index is 601. The van der Waals surface area contributed by atoms with E-state index < -0.39 is 10.1 Å². The summed E-state index contributed by atoms with van der Waals surface area (Å²) in [5, 5.41) is 1.96. The Morgan fingerprint density at radius 1 is 1.17 bits per heavy atom. The minimum atomic E-state index is -3.64. The standard InChI is InChI=1S/C13H14O3S2/c1-11-5-2-3-7-13(11)18(14,15)16-9-8-12-6-4-10-17-12/h2-7,10H,8-9H2,1H3. The quantitative estimate of drug-likeness (QED) is 0.792. The SMILES string of the molecule is Cc1ccccc1S(=O)(=O)OCCc1cccs1. The highest BCUT2D eigenvalue weighted by Crippen LogP contribution is 2.17. The van der Waals surface area contributed by atoms with Crippen LogP contribution in [0, 0.1) is 6.92 Å². The van der Waals surface area contributed by atoms with E-state index in [1.54, 1.807) is 42.5 Å². The Hall–Kier alpha value is -1.17.